The Hall–Kier alpha value is -1.64. The maximum atomic E-state index is 11.3. The van der Waals surface area contributed by atoms with E-state index >= 15 is 0 Å². The number of fused-ring (bicyclic) bond motifs is 1. The predicted octanol–water partition coefficient (Wildman–Crippen LogP) is 2.46. The van der Waals surface area contributed by atoms with E-state index < -0.39 is 17.6 Å². The quantitative estimate of drug-likeness (QED) is 0.636. The van der Waals surface area contributed by atoms with Crippen molar-refractivity contribution in [2.75, 3.05) is 0 Å². The lowest BCUT2D eigenvalue weighted by atomic mass is 10.0. The fraction of sp³-hybridized carbons (Fsp3) is 0.250. The Morgan fingerprint density at radius 3 is 2.37 bits per heavy atom. The van der Waals surface area contributed by atoms with Crippen LogP contribution in [0, 0.1) is 3.70 Å². The second kappa shape index (κ2) is 4.80. The van der Waals surface area contributed by atoms with Gasteiger partial charge in [-0.25, -0.2) is 14.1 Å². The second-order valence-corrected chi connectivity index (χ2v) is 5.50. The lowest BCUT2D eigenvalue weighted by Crippen LogP contribution is -2.06. The van der Waals surface area contributed by atoms with Crippen LogP contribution in [-0.2, 0) is 0 Å². The fourth-order valence-corrected chi connectivity index (χ4v) is 2.55. The molecule has 0 bridgehead atoms. The zero-order valence-electron chi connectivity index (χ0n) is 10.2. The lowest BCUT2D eigenvalue weighted by molar-refractivity contribution is 0.0649. The molecular weight excluding hydrogens is 363 g/mol. The molecular formula is C12H11IN2O4. The van der Waals surface area contributed by atoms with Crippen molar-refractivity contribution in [2.45, 2.75) is 19.8 Å². The van der Waals surface area contributed by atoms with E-state index in [0.29, 0.717) is 9.22 Å². The standard InChI is InChI=1S/C12H11IN2O4/c1-5(2)6-3-7-9(11(16)17)10(12(18)19)14-15(7)8(13)4-6/h3-5H,1-2H3,(H,16,17)(H,18,19). The van der Waals surface area contributed by atoms with Gasteiger partial charge in [0.15, 0.2) is 5.69 Å². The predicted molar refractivity (Wildman–Crippen MR) is 75.9 cm³/mol. The monoisotopic (exact) mass is 374 g/mol. The molecule has 0 aromatic carbocycles. The molecule has 7 heteroatoms. The molecule has 0 spiro atoms. The topological polar surface area (TPSA) is 91.9 Å². The molecule has 0 saturated carbocycles. The number of aromatic carboxylic acids is 2. The van der Waals surface area contributed by atoms with Gasteiger partial charge in [-0.05, 0) is 46.2 Å². The van der Waals surface area contributed by atoms with E-state index in [0.717, 1.165) is 5.56 Å². The van der Waals surface area contributed by atoms with Gasteiger partial charge in [0.05, 0.1) is 5.52 Å². The summed E-state index contributed by atoms with van der Waals surface area (Å²) in [5.41, 5.74) is 0.538. The minimum Gasteiger partial charge on any atom is -0.478 e. The first-order valence-corrected chi connectivity index (χ1v) is 6.59. The molecule has 0 aliphatic carbocycles. The summed E-state index contributed by atoms with van der Waals surface area (Å²) in [7, 11) is 0. The van der Waals surface area contributed by atoms with Gasteiger partial charge < -0.3 is 10.2 Å². The zero-order chi connectivity index (χ0) is 14.3. The summed E-state index contributed by atoms with van der Waals surface area (Å²) in [6.07, 6.45) is 0. The number of halogens is 1. The number of nitrogens with zero attached hydrogens (tertiary/aromatic N) is 2. The Bertz CT molecular complexity index is 691. The van der Waals surface area contributed by atoms with Crippen molar-refractivity contribution in [1.82, 2.24) is 9.61 Å². The molecule has 2 aromatic rings. The van der Waals surface area contributed by atoms with Crippen LogP contribution in [0.1, 0.15) is 46.2 Å². The summed E-state index contributed by atoms with van der Waals surface area (Å²) in [6.45, 7) is 3.97. The summed E-state index contributed by atoms with van der Waals surface area (Å²) in [6, 6.07) is 3.54. The van der Waals surface area contributed by atoms with Gasteiger partial charge >= 0.3 is 11.9 Å². The second-order valence-electron chi connectivity index (χ2n) is 4.40. The summed E-state index contributed by atoms with van der Waals surface area (Å²) < 4.78 is 2.02. The minimum absolute atomic E-state index is 0.211. The maximum absolute atomic E-state index is 11.3. The first kappa shape index (κ1) is 13.8. The highest BCUT2D eigenvalue weighted by atomic mass is 127. The van der Waals surface area contributed by atoms with Gasteiger partial charge in [-0.3, -0.25) is 0 Å². The Labute approximate surface area is 122 Å². The maximum Gasteiger partial charge on any atom is 0.357 e. The zero-order valence-corrected chi connectivity index (χ0v) is 12.4. The van der Waals surface area contributed by atoms with Gasteiger partial charge in [0.2, 0.25) is 0 Å². The van der Waals surface area contributed by atoms with Crippen molar-refractivity contribution in [2.24, 2.45) is 0 Å². The number of hydrogen-bond donors (Lipinski definition) is 2. The van der Waals surface area contributed by atoms with Gasteiger partial charge in [0.25, 0.3) is 0 Å². The summed E-state index contributed by atoms with van der Waals surface area (Å²) >= 11 is 2.01. The third-order valence-electron chi connectivity index (χ3n) is 2.80. The van der Waals surface area contributed by atoms with Gasteiger partial charge in [0.1, 0.15) is 9.26 Å². The SMILES string of the molecule is CC(C)c1cc(I)n2nc(C(=O)O)c(C(=O)O)c2c1. The van der Waals surface area contributed by atoms with Crippen LogP contribution in [0.2, 0.25) is 0 Å². The number of aromatic nitrogens is 2. The van der Waals surface area contributed by atoms with Crippen molar-refractivity contribution in [3.63, 3.8) is 0 Å². The number of carboxylic acids is 2. The highest BCUT2D eigenvalue weighted by molar-refractivity contribution is 14.1. The van der Waals surface area contributed by atoms with Crippen LogP contribution < -0.4 is 0 Å². The molecule has 2 aromatic heterocycles. The van der Waals surface area contributed by atoms with Crippen molar-refractivity contribution >= 4 is 40.0 Å². The molecule has 2 N–H and O–H groups in total. The molecule has 0 aliphatic rings. The number of pyridine rings is 1. The van der Waals surface area contributed by atoms with Gasteiger partial charge in [-0.1, -0.05) is 13.8 Å². The molecule has 0 atom stereocenters. The highest BCUT2D eigenvalue weighted by Crippen LogP contribution is 2.24. The fourth-order valence-electron chi connectivity index (χ4n) is 1.82. The van der Waals surface area contributed by atoms with Crippen LogP contribution in [0.25, 0.3) is 5.52 Å². The lowest BCUT2D eigenvalue weighted by Gasteiger charge is -2.07. The average molecular weight is 374 g/mol. The average Bonchev–Trinajstić information content (AvgIpc) is 2.68. The molecule has 0 unspecified atom stereocenters. The molecule has 2 heterocycles. The smallest absolute Gasteiger partial charge is 0.357 e. The van der Waals surface area contributed by atoms with Gasteiger partial charge in [-0.15, -0.1) is 0 Å². The van der Waals surface area contributed by atoms with Gasteiger partial charge in [0, 0.05) is 0 Å². The van der Waals surface area contributed by atoms with Crippen molar-refractivity contribution < 1.29 is 19.8 Å². The highest BCUT2D eigenvalue weighted by Gasteiger charge is 2.25. The molecule has 2 rings (SSSR count). The molecule has 0 saturated heterocycles. The Kier molecular flexibility index (Phi) is 3.48. The van der Waals surface area contributed by atoms with E-state index in [-0.39, 0.29) is 11.5 Å². The molecule has 6 nitrogen and oxygen atoms in total. The van der Waals surface area contributed by atoms with Crippen LogP contribution in [0.4, 0.5) is 0 Å². The number of rotatable bonds is 3. The van der Waals surface area contributed by atoms with Crippen LogP contribution in [0.5, 0.6) is 0 Å². The van der Waals surface area contributed by atoms with E-state index in [1.165, 1.54) is 4.52 Å². The molecule has 100 valence electrons. The summed E-state index contributed by atoms with van der Waals surface area (Å²) in [4.78, 5) is 22.4. The molecule has 0 amide bonds. The molecule has 0 fully saturated rings. The van der Waals surface area contributed by atoms with Crippen molar-refractivity contribution in [1.29, 1.82) is 0 Å². The van der Waals surface area contributed by atoms with E-state index in [2.05, 4.69) is 5.10 Å². The summed E-state index contributed by atoms with van der Waals surface area (Å²) in [5, 5.41) is 22.1. The van der Waals surface area contributed by atoms with Crippen molar-refractivity contribution in [3.05, 3.63) is 32.7 Å². The first-order valence-electron chi connectivity index (χ1n) is 5.51. The van der Waals surface area contributed by atoms with Gasteiger partial charge in [-0.2, -0.15) is 5.10 Å². The molecule has 19 heavy (non-hydrogen) atoms. The van der Waals surface area contributed by atoms with Crippen molar-refractivity contribution in [3.8, 4) is 0 Å². The number of carbonyl (C=O) groups is 2. The minimum atomic E-state index is -1.34. The third-order valence-corrected chi connectivity index (χ3v) is 3.56. The third kappa shape index (κ3) is 2.29. The van der Waals surface area contributed by atoms with E-state index in [1.807, 2.05) is 42.5 Å². The van der Waals surface area contributed by atoms with Crippen LogP contribution in [0.15, 0.2) is 12.1 Å². The molecule has 0 radical (unpaired) electrons. The van der Waals surface area contributed by atoms with E-state index in [1.54, 1.807) is 6.07 Å². The summed E-state index contributed by atoms with van der Waals surface area (Å²) in [5.74, 6) is -2.42. The van der Waals surface area contributed by atoms with E-state index in [4.69, 9.17) is 5.11 Å². The van der Waals surface area contributed by atoms with Crippen LogP contribution >= 0.6 is 22.6 Å². The number of hydrogen-bond acceptors (Lipinski definition) is 3. The first-order chi connectivity index (χ1) is 8.82. The Balaban J connectivity index is 2.89. The Morgan fingerprint density at radius 1 is 1.26 bits per heavy atom. The number of carboxylic acid groups (broad SMARTS) is 2. The van der Waals surface area contributed by atoms with Crippen LogP contribution in [-0.4, -0.2) is 31.8 Å². The largest absolute Gasteiger partial charge is 0.478 e. The molecule has 0 aliphatic heterocycles. The van der Waals surface area contributed by atoms with E-state index in [9.17, 15) is 14.7 Å². The normalized spacial score (nSPS) is 11.2. The van der Waals surface area contributed by atoms with Crippen LogP contribution in [0.3, 0.4) is 0 Å². The Morgan fingerprint density at radius 2 is 1.89 bits per heavy atom.